The fraction of sp³-hybridized carbons (Fsp3) is 0.0476. The molecule has 0 spiro atoms. The molecule has 1 aliphatic rings. The molecule has 1 nitrogen and oxygen atoms in total. The normalized spacial score (nSPS) is 15.6. The van der Waals surface area contributed by atoms with Crippen LogP contribution in [-0.2, 0) is 5.60 Å². The van der Waals surface area contributed by atoms with Crippen molar-refractivity contribution in [3.05, 3.63) is 105 Å². The molecule has 1 aliphatic heterocycles. The maximum Gasteiger partial charge on any atom is 0.191 e. The van der Waals surface area contributed by atoms with Crippen LogP contribution in [0.15, 0.2) is 88.5 Å². The molecule has 0 bridgehead atoms. The summed E-state index contributed by atoms with van der Waals surface area (Å²) in [5.74, 6) is 0.926. The van der Waals surface area contributed by atoms with Crippen LogP contribution in [0.3, 0.4) is 0 Å². The van der Waals surface area contributed by atoms with E-state index in [0.29, 0.717) is 0 Å². The molecule has 0 N–H and O–H groups in total. The average Bonchev–Trinajstić information content (AvgIpc) is 2.66. The number of para-hydroxylation sites is 1. The molecule has 3 heteroatoms. The molecule has 0 saturated carbocycles. The minimum absolute atomic E-state index is 0.603. The third-order valence-corrected chi connectivity index (χ3v) is 7.70. The summed E-state index contributed by atoms with van der Waals surface area (Å²) in [6.45, 7) is 0. The molecule has 0 unspecified atom stereocenters. The summed E-state index contributed by atoms with van der Waals surface area (Å²) in [7, 11) is 0. The van der Waals surface area contributed by atoms with E-state index in [2.05, 4.69) is 112 Å². The third kappa shape index (κ3) is 2.49. The number of hydrogen-bond donors (Lipinski definition) is 0. The highest BCUT2D eigenvalue weighted by atomic mass is 127. The predicted octanol–water partition coefficient (Wildman–Crippen LogP) is 6.56. The Morgan fingerprint density at radius 2 is 1.12 bits per heavy atom. The van der Waals surface area contributed by atoms with Crippen molar-refractivity contribution in [1.82, 2.24) is 0 Å². The smallest absolute Gasteiger partial charge is 0.191 e. The molecule has 0 saturated heterocycles. The second kappa shape index (κ2) is 6.52. The second-order valence-corrected chi connectivity index (χ2v) is 7.80. The summed E-state index contributed by atoms with van der Waals surface area (Å²) in [5.41, 5.74) is 2.84. The summed E-state index contributed by atoms with van der Waals surface area (Å²) < 4.78 is 9.13. The van der Waals surface area contributed by atoms with Gasteiger partial charge in [-0.05, 0) is 51.2 Å². The Morgan fingerprint density at radius 3 is 1.71 bits per heavy atom. The van der Waals surface area contributed by atoms with Gasteiger partial charge in [-0.3, -0.25) is 0 Å². The number of benzene rings is 3. The Kier molecular flexibility index (Phi) is 4.39. The molecule has 3 aromatic rings. The van der Waals surface area contributed by atoms with Crippen molar-refractivity contribution in [2.45, 2.75) is 5.60 Å². The third-order valence-electron chi connectivity index (χ3n) is 4.25. The quantitative estimate of drug-likeness (QED) is 0.338. The van der Waals surface area contributed by atoms with Gasteiger partial charge in [-0.2, -0.15) is 0 Å². The van der Waals surface area contributed by atoms with Crippen molar-refractivity contribution in [3.8, 4) is 5.75 Å². The number of hydrogen-bond acceptors (Lipinski definition) is 1. The first-order chi connectivity index (χ1) is 11.7. The first-order valence-corrected chi connectivity index (χ1v) is 9.84. The SMILES string of the molecule is IC1=C(I)C(c2ccccc2)(c2ccccc2)Oc2ccccc21. The fourth-order valence-electron chi connectivity index (χ4n) is 3.10. The fourth-order valence-corrected chi connectivity index (χ4v) is 4.95. The highest BCUT2D eigenvalue weighted by molar-refractivity contribution is 14.1. The number of fused-ring (bicyclic) bond motifs is 1. The first kappa shape index (κ1) is 16.1. The Morgan fingerprint density at radius 1 is 0.625 bits per heavy atom. The van der Waals surface area contributed by atoms with Crippen molar-refractivity contribution >= 4 is 48.8 Å². The summed E-state index contributed by atoms with van der Waals surface area (Å²) in [6, 6.07) is 29.2. The van der Waals surface area contributed by atoms with E-state index in [1.54, 1.807) is 0 Å². The van der Waals surface area contributed by atoms with Crippen molar-refractivity contribution in [2.75, 3.05) is 0 Å². The molecular formula is C21H14I2O. The van der Waals surface area contributed by atoms with Crippen molar-refractivity contribution in [1.29, 1.82) is 0 Å². The van der Waals surface area contributed by atoms with E-state index >= 15 is 0 Å². The lowest BCUT2D eigenvalue weighted by atomic mass is 9.83. The van der Waals surface area contributed by atoms with Crippen LogP contribution in [0.4, 0.5) is 0 Å². The van der Waals surface area contributed by atoms with Crippen LogP contribution < -0.4 is 4.74 Å². The minimum Gasteiger partial charge on any atom is -0.472 e. The second-order valence-electron chi connectivity index (χ2n) is 5.64. The average molecular weight is 536 g/mol. The summed E-state index contributed by atoms with van der Waals surface area (Å²) in [6.07, 6.45) is 0. The van der Waals surface area contributed by atoms with Crippen LogP contribution in [0.2, 0.25) is 0 Å². The standard InChI is InChI=1S/C21H14I2O/c22-19-17-13-7-8-14-18(17)24-21(20(19)23,15-9-3-1-4-10-15)16-11-5-2-6-12-16/h1-14H. The van der Waals surface area contributed by atoms with E-state index in [1.807, 2.05) is 18.2 Å². The van der Waals surface area contributed by atoms with Gasteiger partial charge in [0.15, 0.2) is 5.60 Å². The molecule has 0 fully saturated rings. The summed E-state index contributed by atoms with van der Waals surface area (Å²) in [5, 5.41) is 0. The number of halogens is 2. The lowest BCUT2D eigenvalue weighted by Gasteiger charge is -2.40. The lowest BCUT2D eigenvalue weighted by Crippen LogP contribution is -2.37. The highest BCUT2D eigenvalue weighted by Crippen LogP contribution is 2.53. The molecule has 0 atom stereocenters. The minimum atomic E-state index is -0.603. The first-order valence-electron chi connectivity index (χ1n) is 7.68. The Balaban J connectivity index is 2.05. The van der Waals surface area contributed by atoms with Gasteiger partial charge in [0.05, 0.1) is 3.58 Å². The van der Waals surface area contributed by atoms with E-state index in [1.165, 1.54) is 7.16 Å². The molecule has 0 aromatic heterocycles. The zero-order valence-corrected chi connectivity index (χ0v) is 17.1. The topological polar surface area (TPSA) is 9.23 Å². The van der Waals surface area contributed by atoms with Gasteiger partial charge in [0.2, 0.25) is 0 Å². The van der Waals surface area contributed by atoms with Gasteiger partial charge >= 0.3 is 0 Å². The van der Waals surface area contributed by atoms with Gasteiger partial charge < -0.3 is 4.74 Å². The number of rotatable bonds is 2. The largest absolute Gasteiger partial charge is 0.472 e. The van der Waals surface area contributed by atoms with E-state index < -0.39 is 5.60 Å². The Labute approximate surface area is 169 Å². The van der Waals surface area contributed by atoms with Gasteiger partial charge in [-0.15, -0.1) is 0 Å². The number of ether oxygens (including phenoxy) is 1. The maximum absolute atomic E-state index is 6.70. The molecule has 0 radical (unpaired) electrons. The Bertz CT molecular complexity index is 862. The Hall–Kier alpha value is -1.34. The molecule has 118 valence electrons. The van der Waals surface area contributed by atoms with Crippen LogP contribution >= 0.6 is 45.2 Å². The van der Waals surface area contributed by atoms with Gasteiger partial charge in [-0.1, -0.05) is 78.9 Å². The molecule has 4 rings (SSSR count). The van der Waals surface area contributed by atoms with Crippen LogP contribution in [-0.4, -0.2) is 0 Å². The van der Waals surface area contributed by atoms with Gasteiger partial charge in [-0.25, -0.2) is 0 Å². The van der Waals surface area contributed by atoms with Crippen LogP contribution in [0.1, 0.15) is 16.7 Å². The molecule has 0 amide bonds. The zero-order valence-electron chi connectivity index (χ0n) is 12.7. The summed E-state index contributed by atoms with van der Waals surface area (Å²) in [4.78, 5) is 0. The van der Waals surface area contributed by atoms with E-state index in [9.17, 15) is 0 Å². The molecule has 1 heterocycles. The maximum atomic E-state index is 6.70. The summed E-state index contributed by atoms with van der Waals surface area (Å²) >= 11 is 4.89. The van der Waals surface area contributed by atoms with Crippen molar-refractivity contribution in [3.63, 3.8) is 0 Å². The van der Waals surface area contributed by atoms with Gasteiger partial charge in [0.25, 0.3) is 0 Å². The van der Waals surface area contributed by atoms with Crippen molar-refractivity contribution in [2.24, 2.45) is 0 Å². The molecule has 24 heavy (non-hydrogen) atoms. The predicted molar refractivity (Wildman–Crippen MR) is 116 cm³/mol. The zero-order chi connectivity index (χ0) is 16.6. The lowest BCUT2D eigenvalue weighted by molar-refractivity contribution is 0.159. The van der Waals surface area contributed by atoms with Crippen LogP contribution in [0.5, 0.6) is 5.75 Å². The monoisotopic (exact) mass is 536 g/mol. The van der Waals surface area contributed by atoms with Crippen LogP contribution in [0.25, 0.3) is 3.58 Å². The highest BCUT2D eigenvalue weighted by Gasteiger charge is 2.44. The van der Waals surface area contributed by atoms with E-state index in [0.717, 1.165) is 22.4 Å². The van der Waals surface area contributed by atoms with E-state index in [-0.39, 0.29) is 0 Å². The van der Waals surface area contributed by atoms with Crippen molar-refractivity contribution < 1.29 is 4.74 Å². The van der Waals surface area contributed by atoms with Gasteiger partial charge in [0, 0.05) is 20.3 Å². The van der Waals surface area contributed by atoms with E-state index in [4.69, 9.17) is 4.74 Å². The molecule has 3 aromatic carbocycles. The molecular weight excluding hydrogens is 522 g/mol. The van der Waals surface area contributed by atoms with Crippen LogP contribution in [0, 0.1) is 0 Å². The van der Waals surface area contributed by atoms with Gasteiger partial charge in [0.1, 0.15) is 5.75 Å². The molecule has 0 aliphatic carbocycles.